The van der Waals surface area contributed by atoms with Gasteiger partial charge >= 0.3 is 0 Å². The fourth-order valence-corrected chi connectivity index (χ4v) is 5.81. The highest BCUT2D eigenvalue weighted by atomic mass is 16.3. The van der Waals surface area contributed by atoms with Gasteiger partial charge < -0.3 is 35.6 Å². The van der Waals surface area contributed by atoms with Gasteiger partial charge in [-0.1, -0.05) is 55.4 Å². The minimum atomic E-state index is -1.78. The van der Waals surface area contributed by atoms with Crippen LogP contribution in [0.1, 0.15) is 145 Å². The summed E-state index contributed by atoms with van der Waals surface area (Å²) < 4.78 is 0. The Morgan fingerprint density at radius 1 is 0.521 bits per heavy atom. The van der Waals surface area contributed by atoms with E-state index >= 15 is 0 Å². The van der Waals surface area contributed by atoms with Crippen LogP contribution in [0, 0.1) is 23.7 Å². The quantitative estimate of drug-likeness (QED) is 0.0842. The molecule has 12 nitrogen and oxygen atoms in total. The number of rotatable bonds is 15. The monoisotopic (exact) mass is 666 g/mol. The van der Waals surface area contributed by atoms with Crippen LogP contribution in [0.4, 0.5) is 0 Å². The van der Waals surface area contributed by atoms with E-state index in [1.807, 2.05) is 0 Å². The molecule has 0 spiro atoms. The number of carbonyl (C=O) groups excluding carboxylic acids is 4. The number of phenolic OH excluding ortho intramolecular Hbond substituents is 6. The lowest BCUT2D eigenvalue weighted by atomic mass is 9.80. The molecule has 3 rings (SSSR count). The number of aromatic nitrogens is 2. The lowest BCUT2D eigenvalue weighted by Crippen LogP contribution is -2.17. The van der Waals surface area contributed by atoms with Gasteiger partial charge in [-0.15, -0.1) is 0 Å². The van der Waals surface area contributed by atoms with Crippen LogP contribution in [0.15, 0.2) is 12.4 Å². The Balaban J connectivity index is 2.64. The van der Waals surface area contributed by atoms with E-state index in [-0.39, 0.29) is 55.2 Å². The van der Waals surface area contributed by atoms with E-state index in [9.17, 15) is 49.8 Å². The van der Waals surface area contributed by atoms with Crippen molar-refractivity contribution >= 4 is 23.1 Å². The SMILES string of the molecule is CC(C)CC(=O)c1c(O)c(C(=O)CC(C)C)c(O)c(C(c2ncc[nH]2)c2c(O)c(C(=O)CC(C)C)c(O)c(C(=O)CC(C)C)c2O)c1O. The van der Waals surface area contributed by atoms with Gasteiger partial charge in [0, 0.05) is 38.1 Å². The second-order valence-electron chi connectivity index (χ2n) is 13.9. The lowest BCUT2D eigenvalue weighted by molar-refractivity contribution is 0.0941. The zero-order valence-corrected chi connectivity index (χ0v) is 28.6. The molecule has 7 N–H and O–H groups in total. The van der Waals surface area contributed by atoms with Crippen LogP contribution in [0.5, 0.6) is 34.5 Å². The Hall–Kier alpha value is -4.87. The fourth-order valence-electron chi connectivity index (χ4n) is 5.81. The molecule has 0 amide bonds. The smallest absolute Gasteiger partial charge is 0.170 e. The Bertz CT molecular complexity index is 1510. The topological polar surface area (TPSA) is 218 Å². The summed E-state index contributed by atoms with van der Waals surface area (Å²) in [6.45, 7) is 13.8. The number of carbonyl (C=O) groups is 4. The van der Waals surface area contributed by atoms with Crippen molar-refractivity contribution in [3.05, 3.63) is 51.6 Å². The third-order valence-electron chi connectivity index (χ3n) is 7.77. The molecule has 0 unspecified atom stereocenters. The Labute approximate surface area is 279 Å². The minimum Gasteiger partial charge on any atom is -0.507 e. The van der Waals surface area contributed by atoms with E-state index in [1.54, 1.807) is 55.4 Å². The van der Waals surface area contributed by atoms with Crippen LogP contribution in [-0.4, -0.2) is 63.7 Å². The Kier molecular flexibility index (Phi) is 11.7. The van der Waals surface area contributed by atoms with Crippen molar-refractivity contribution < 1.29 is 49.8 Å². The van der Waals surface area contributed by atoms with E-state index in [4.69, 9.17) is 0 Å². The van der Waals surface area contributed by atoms with Gasteiger partial charge in [0.25, 0.3) is 0 Å². The number of phenols is 6. The van der Waals surface area contributed by atoms with Crippen LogP contribution >= 0.6 is 0 Å². The molecule has 0 aliphatic heterocycles. The number of H-pyrrole nitrogens is 1. The molecule has 260 valence electrons. The fraction of sp³-hybridized carbons (Fsp3) is 0.472. The van der Waals surface area contributed by atoms with E-state index in [2.05, 4.69) is 9.97 Å². The largest absolute Gasteiger partial charge is 0.507 e. The van der Waals surface area contributed by atoms with Crippen LogP contribution in [0.2, 0.25) is 0 Å². The van der Waals surface area contributed by atoms with E-state index in [0.29, 0.717) is 0 Å². The molecule has 0 saturated carbocycles. The number of imidazole rings is 1. The standard InChI is InChI=1S/C36H46N2O10/c1-15(2)11-19(39)23-30(43)24(20(40)12-16(3)4)33(46)28(32(23)45)27(36-37-9-10-38-36)29-34(47)25(21(41)13-17(5)6)31(44)26(35(29)48)22(42)14-18(7)8/h9-10,15-18,27,43-48H,11-14H2,1-8H3,(H,37,38). The summed E-state index contributed by atoms with van der Waals surface area (Å²) >= 11 is 0. The van der Waals surface area contributed by atoms with Gasteiger partial charge in [-0.05, 0) is 23.7 Å². The number of hydrogen-bond donors (Lipinski definition) is 7. The van der Waals surface area contributed by atoms with Gasteiger partial charge in [0.1, 0.15) is 62.6 Å². The van der Waals surface area contributed by atoms with E-state index in [0.717, 1.165) is 0 Å². The zero-order chi connectivity index (χ0) is 36.4. The predicted molar refractivity (Wildman–Crippen MR) is 178 cm³/mol. The first-order valence-corrected chi connectivity index (χ1v) is 16.0. The molecule has 0 atom stereocenters. The molecule has 0 bridgehead atoms. The molecule has 3 aromatic rings. The van der Waals surface area contributed by atoms with Crippen molar-refractivity contribution in [2.45, 2.75) is 87.0 Å². The number of benzene rings is 2. The van der Waals surface area contributed by atoms with Gasteiger partial charge in [0.05, 0.1) is 17.0 Å². The average Bonchev–Trinajstić information content (AvgIpc) is 3.45. The highest BCUT2D eigenvalue weighted by Crippen LogP contribution is 2.55. The maximum atomic E-state index is 13.5. The highest BCUT2D eigenvalue weighted by molar-refractivity contribution is 6.11. The third kappa shape index (κ3) is 7.48. The summed E-state index contributed by atoms with van der Waals surface area (Å²) in [5.41, 5.74) is -3.95. The highest BCUT2D eigenvalue weighted by Gasteiger charge is 2.41. The molecule has 0 fully saturated rings. The molecule has 1 heterocycles. The zero-order valence-electron chi connectivity index (χ0n) is 28.6. The number of aromatic hydroxyl groups is 6. The molecule has 0 saturated heterocycles. The third-order valence-corrected chi connectivity index (χ3v) is 7.77. The number of nitrogens with zero attached hydrogens (tertiary/aromatic N) is 1. The summed E-state index contributed by atoms with van der Waals surface area (Å²) in [6, 6.07) is 0. The first-order valence-electron chi connectivity index (χ1n) is 16.0. The van der Waals surface area contributed by atoms with Crippen LogP contribution in [0.3, 0.4) is 0 Å². The van der Waals surface area contributed by atoms with Crippen molar-refractivity contribution in [1.29, 1.82) is 0 Å². The number of aromatic amines is 1. The first-order chi connectivity index (χ1) is 22.3. The Morgan fingerprint density at radius 3 is 1.00 bits per heavy atom. The van der Waals surface area contributed by atoms with Gasteiger partial charge in [0.15, 0.2) is 23.1 Å². The maximum absolute atomic E-state index is 13.5. The molecule has 48 heavy (non-hydrogen) atoms. The predicted octanol–water partition coefficient (Wildman–Crippen LogP) is 6.74. The summed E-state index contributed by atoms with van der Waals surface area (Å²) in [5, 5.41) is 69.5. The van der Waals surface area contributed by atoms with E-state index < -0.39 is 96.9 Å². The molecular weight excluding hydrogens is 620 g/mol. The van der Waals surface area contributed by atoms with Gasteiger partial charge in [-0.3, -0.25) is 19.2 Å². The normalized spacial score (nSPS) is 11.8. The summed E-state index contributed by atoms with van der Waals surface area (Å²) in [4.78, 5) is 61.0. The molecule has 2 aromatic carbocycles. The summed E-state index contributed by atoms with van der Waals surface area (Å²) in [5.74, 6) is -11.8. The van der Waals surface area contributed by atoms with Crippen molar-refractivity contribution in [3.63, 3.8) is 0 Å². The second kappa shape index (κ2) is 14.9. The number of nitrogens with one attached hydrogen (secondary N) is 1. The molecule has 1 aromatic heterocycles. The van der Waals surface area contributed by atoms with Crippen LogP contribution in [-0.2, 0) is 0 Å². The molecular formula is C36H46N2O10. The van der Waals surface area contributed by atoms with Crippen molar-refractivity contribution in [1.82, 2.24) is 9.97 Å². The van der Waals surface area contributed by atoms with Crippen LogP contribution in [0.25, 0.3) is 0 Å². The number of Topliss-reactive ketones (excluding diaryl/α,β-unsaturated/α-hetero) is 4. The molecule has 0 radical (unpaired) electrons. The number of ketones is 4. The second-order valence-corrected chi connectivity index (χ2v) is 13.9. The van der Waals surface area contributed by atoms with Crippen molar-refractivity contribution in [2.24, 2.45) is 23.7 Å². The van der Waals surface area contributed by atoms with Crippen LogP contribution < -0.4 is 0 Å². The number of hydrogen-bond acceptors (Lipinski definition) is 11. The van der Waals surface area contributed by atoms with Gasteiger partial charge in [0.2, 0.25) is 0 Å². The average molecular weight is 667 g/mol. The van der Waals surface area contributed by atoms with Crippen molar-refractivity contribution in [2.75, 3.05) is 0 Å². The molecule has 12 heteroatoms. The van der Waals surface area contributed by atoms with E-state index in [1.165, 1.54) is 12.4 Å². The lowest BCUT2D eigenvalue weighted by Gasteiger charge is -2.26. The summed E-state index contributed by atoms with van der Waals surface area (Å²) in [6.07, 6.45) is 1.92. The first kappa shape index (κ1) is 37.6. The molecule has 0 aliphatic carbocycles. The van der Waals surface area contributed by atoms with Gasteiger partial charge in [-0.25, -0.2) is 4.98 Å². The van der Waals surface area contributed by atoms with Crippen molar-refractivity contribution in [3.8, 4) is 34.5 Å². The Morgan fingerprint density at radius 2 is 0.792 bits per heavy atom. The molecule has 0 aliphatic rings. The maximum Gasteiger partial charge on any atom is 0.170 e. The minimum absolute atomic E-state index is 0.170. The van der Waals surface area contributed by atoms with Gasteiger partial charge in [-0.2, -0.15) is 0 Å². The summed E-state index contributed by atoms with van der Waals surface area (Å²) in [7, 11) is 0.